The molecule has 1 aromatic carbocycles. The molecule has 0 spiro atoms. The summed E-state index contributed by atoms with van der Waals surface area (Å²) in [6, 6.07) is 7.39. The Balaban J connectivity index is 1.55. The van der Waals surface area contributed by atoms with Gasteiger partial charge in [0.2, 0.25) is 5.82 Å². The number of rotatable bonds is 7. The van der Waals surface area contributed by atoms with Crippen LogP contribution in [-0.2, 0) is 6.54 Å². The van der Waals surface area contributed by atoms with E-state index in [-0.39, 0.29) is 36.8 Å². The Hall–Kier alpha value is -3.27. The molecule has 1 aliphatic rings. The Morgan fingerprint density at radius 2 is 2.00 bits per heavy atom. The minimum Gasteiger partial charge on any atom is -0.490 e. The first-order chi connectivity index (χ1) is 13.6. The SMILES string of the molecule is O=[N+]([O-])c1cn(CCO)c(-c2nc(-c3ccc(OC4CCCC4)cc3)no2)n1. The van der Waals surface area contributed by atoms with Gasteiger partial charge in [-0.2, -0.15) is 4.98 Å². The fourth-order valence-corrected chi connectivity index (χ4v) is 3.25. The van der Waals surface area contributed by atoms with Crippen molar-refractivity contribution >= 4 is 5.82 Å². The van der Waals surface area contributed by atoms with Crippen LogP contribution in [0.25, 0.3) is 23.1 Å². The van der Waals surface area contributed by atoms with Crippen molar-refractivity contribution in [2.24, 2.45) is 0 Å². The second-order valence-electron chi connectivity index (χ2n) is 6.57. The molecular formula is C18H19N5O5. The standard InChI is InChI=1S/C18H19N5O5/c24-10-9-22-11-15(23(25)26)19-17(22)18-20-16(21-28-18)12-5-7-14(8-6-12)27-13-3-1-2-4-13/h5-8,11,13,24H,1-4,9-10H2. The first kappa shape index (κ1) is 18.1. The molecule has 0 amide bonds. The summed E-state index contributed by atoms with van der Waals surface area (Å²) in [6.07, 6.45) is 6.09. The lowest BCUT2D eigenvalue weighted by Crippen LogP contribution is -2.10. The van der Waals surface area contributed by atoms with Crippen LogP contribution in [0.3, 0.4) is 0 Å². The number of aromatic nitrogens is 4. The molecule has 1 aliphatic carbocycles. The molecule has 0 bridgehead atoms. The van der Waals surface area contributed by atoms with Gasteiger partial charge in [0.05, 0.1) is 12.7 Å². The van der Waals surface area contributed by atoms with E-state index in [2.05, 4.69) is 15.1 Å². The average Bonchev–Trinajstić information content (AvgIpc) is 3.43. The number of imidazole rings is 1. The Bertz CT molecular complexity index is 959. The molecule has 0 saturated heterocycles. The van der Waals surface area contributed by atoms with Gasteiger partial charge in [0, 0.05) is 12.1 Å². The smallest absolute Gasteiger partial charge is 0.382 e. The number of aliphatic hydroxyl groups excluding tert-OH is 1. The minimum atomic E-state index is -0.613. The number of nitrogens with zero attached hydrogens (tertiary/aromatic N) is 5. The van der Waals surface area contributed by atoms with Crippen LogP contribution in [-0.4, -0.2) is 42.4 Å². The molecule has 28 heavy (non-hydrogen) atoms. The number of nitro groups is 1. The normalized spacial score (nSPS) is 14.5. The van der Waals surface area contributed by atoms with E-state index >= 15 is 0 Å². The van der Waals surface area contributed by atoms with Gasteiger partial charge >= 0.3 is 17.5 Å². The van der Waals surface area contributed by atoms with Crippen molar-refractivity contribution in [3.05, 3.63) is 40.6 Å². The molecule has 0 radical (unpaired) electrons. The third-order valence-corrected chi connectivity index (χ3v) is 4.63. The molecule has 146 valence electrons. The van der Waals surface area contributed by atoms with Gasteiger partial charge in [-0.15, -0.1) is 0 Å². The topological polar surface area (TPSA) is 129 Å². The maximum absolute atomic E-state index is 11.0. The molecule has 0 aliphatic heterocycles. The van der Waals surface area contributed by atoms with Crippen LogP contribution in [0.5, 0.6) is 5.75 Å². The van der Waals surface area contributed by atoms with Gasteiger partial charge < -0.3 is 24.5 Å². The zero-order chi connectivity index (χ0) is 19.5. The lowest BCUT2D eigenvalue weighted by Gasteiger charge is -2.12. The van der Waals surface area contributed by atoms with Crippen molar-refractivity contribution < 1.29 is 19.3 Å². The van der Waals surface area contributed by atoms with E-state index in [4.69, 9.17) is 14.4 Å². The van der Waals surface area contributed by atoms with Crippen LogP contribution < -0.4 is 4.74 Å². The molecule has 10 nitrogen and oxygen atoms in total. The van der Waals surface area contributed by atoms with Gasteiger partial charge in [0.25, 0.3) is 0 Å². The van der Waals surface area contributed by atoms with Gasteiger partial charge in [0.1, 0.15) is 11.9 Å². The fourth-order valence-electron chi connectivity index (χ4n) is 3.25. The molecule has 3 aromatic rings. The summed E-state index contributed by atoms with van der Waals surface area (Å²) in [5.41, 5.74) is 0.725. The largest absolute Gasteiger partial charge is 0.490 e. The highest BCUT2D eigenvalue weighted by Crippen LogP contribution is 2.27. The van der Waals surface area contributed by atoms with Gasteiger partial charge in [-0.25, -0.2) is 0 Å². The molecule has 1 saturated carbocycles. The summed E-state index contributed by atoms with van der Waals surface area (Å²) in [5.74, 6) is 0.970. The van der Waals surface area contributed by atoms with E-state index in [1.807, 2.05) is 24.3 Å². The summed E-state index contributed by atoms with van der Waals surface area (Å²) < 4.78 is 12.6. The lowest BCUT2D eigenvalue weighted by atomic mass is 10.2. The van der Waals surface area contributed by atoms with E-state index in [1.165, 1.54) is 23.6 Å². The van der Waals surface area contributed by atoms with Crippen LogP contribution in [0.4, 0.5) is 5.82 Å². The van der Waals surface area contributed by atoms with Crippen LogP contribution in [0, 0.1) is 10.1 Å². The highest BCUT2D eigenvalue weighted by molar-refractivity contribution is 5.58. The summed E-state index contributed by atoms with van der Waals surface area (Å²) in [6.45, 7) is -0.0783. The van der Waals surface area contributed by atoms with E-state index in [9.17, 15) is 10.1 Å². The molecule has 0 atom stereocenters. The summed E-state index contributed by atoms with van der Waals surface area (Å²) in [7, 11) is 0. The maximum Gasteiger partial charge on any atom is 0.382 e. The minimum absolute atomic E-state index is 0.0443. The zero-order valence-electron chi connectivity index (χ0n) is 15.0. The van der Waals surface area contributed by atoms with Crippen molar-refractivity contribution in [3.63, 3.8) is 0 Å². The van der Waals surface area contributed by atoms with Gasteiger partial charge in [0.15, 0.2) is 0 Å². The van der Waals surface area contributed by atoms with Crippen LogP contribution in [0.15, 0.2) is 35.0 Å². The van der Waals surface area contributed by atoms with Gasteiger partial charge in [-0.3, -0.25) is 4.57 Å². The van der Waals surface area contributed by atoms with Crippen molar-refractivity contribution in [1.29, 1.82) is 0 Å². The molecule has 1 fully saturated rings. The molecule has 0 unspecified atom stereocenters. The van der Waals surface area contributed by atoms with E-state index in [1.54, 1.807) is 0 Å². The first-order valence-electron chi connectivity index (χ1n) is 9.07. The monoisotopic (exact) mass is 385 g/mol. The quantitative estimate of drug-likeness (QED) is 0.485. The Labute approximate surface area is 159 Å². The summed E-state index contributed by atoms with van der Waals surface area (Å²) in [5, 5.41) is 24.1. The van der Waals surface area contributed by atoms with E-state index in [0.717, 1.165) is 24.2 Å². The van der Waals surface area contributed by atoms with Crippen molar-refractivity contribution in [3.8, 4) is 28.9 Å². The van der Waals surface area contributed by atoms with Crippen molar-refractivity contribution in [2.45, 2.75) is 38.3 Å². The predicted octanol–water partition coefficient (Wildman–Crippen LogP) is 2.82. The maximum atomic E-state index is 11.0. The van der Waals surface area contributed by atoms with Crippen LogP contribution in [0.2, 0.25) is 0 Å². The van der Waals surface area contributed by atoms with E-state index < -0.39 is 4.92 Å². The molecule has 4 rings (SSSR count). The second-order valence-corrected chi connectivity index (χ2v) is 6.57. The molecular weight excluding hydrogens is 366 g/mol. The van der Waals surface area contributed by atoms with Crippen LogP contribution >= 0.6 is 0 Å². The average molecular weight is 385 g/mol. The summed E-state index contributed by atoms with van der Waals surface area (Å²) >= 11 is 0. The van der Waals surface area contributed by atoms with Crippen LogP contribution in [0.1, 0.15) is 25.7 Å². The third kappa shape index (κ3) is 3.72. The van der Waals surface area contributed by atoms with E-state index in [0.29, 0.717) is 5.82 Å². The first-order valence-corrected chi connectivity index (χ1v) is 9.07. The molecule has 2 aromatic heterocycles. The van der Waals surface area contributed by atoms with Gasteiger partial charge in [-0.1, -0.05) is 5.16 Å². The zero-order valence-corrected chi connectivity index (χ0v) is 15.0. The number of ether oxygens (including phenoxy) is 1. The molecule has 10 heteroatoms. The Kier molecular flexibility index (Phi) is 5.02. The number of hydrogen-bond acceptors (Lipinski definition) is 8. The van der Waals surface area contributed by atoms with Gasteiger partial charge in [-0.05, 0) is 59.9 Å². The highest BCUT2D eigenvalue weighted by atomic mass is 16.6. The number of aliphatic hydroxyl groups is 1. The fraction of sp³-hybridized carbons (Fsp3) is 0.389. The van der Waals surface area contributed by atoms with Crippen molar-refractivity contribution in [1.82, 2.24) is 19.7 Å². The lowest BCUT2D eigenvalue weighted by molar-refractivity contribution is -0.389. The molecule has 1 N–H and O–H groups in total. The second kappa shape index (κ2) is 7.77. The Morgan fingerprint density at radius 1 is 1.25 bits per heavy atom. The Morgan fingerprint density at radius 3 is 2.68 bits per heavy atom. The van der Waals surface area contributed by atoms with Crippen molar-refractivity contribution in [2.75, 3.05) is 6.61 Å². The number of hydrogen-bond donors (Lipinski definition) is 1. The highest BCUT2D eigenvalue weighted by Gasteiger charge is 2.25. The summed E-state index contributed by atoms with van der Waals surface area (Å²) in [4.78, 5) is 18.6. The molecule has 2 heterocycles. The predicted molar refractivity (Wildman–Crippen MR) is 97.6 cm³/mol. The third-order valence-electron chi connectivity index (χ3n) is 4.63. The number of benzene rings is 1.